The van der Waals surface area contributed by atoms with Gasteiger partial charge < -0.3 is 44.6 Å². The third-order valence-electron chi connectivity index (χ3n) is 8.43. The molecule has 0 radical (unpaired) electrons. The van der Waals surface area contributed by atoms with Crippen molar-refractivity contribution in [2.24, 2.45) is 0 Å². The number of rotatable bonds is 8. The molecule has 0 unspecified atom stereocenters. The van der Waals surface area contributed by atoms with Gasteiger partial charge in [-0.1, -0.05) is 6.07 Å². The van der Waals surface area contributed by atoms with Gasteiger partial charge in [0.15, 0.2) is 29.5 Å². The van der Waals surface area contributed by atoms with Crippen molar-refractivity contribution >= 4 is 23.7 Å². The van der Waals surface area contributed by atoms with E-state index in [2.05, 4.69) is 9.64 Å². The molecular formula is C26H29NO12. The van der Waals surface area contributed by atoms with Crippen molar-refractivity contribution in [2.75, 3.05) is 13.6 Å². The lowest BCUT2D eigenvalue weighted by atomic mass is 9.50. The molecule has 0 aromatic heterocycles. The molecule has 5 N–H and O–H groups in total. The van der Waals surface area contributed by atoms with E-state index >= 15 is 0 Å². The first-order valence-corrected chi connectivity index (χ1v) is 12.5. The number of ether oxygens (including phenoxy) is 3. The molecule has 1 saturated heterocycles. The highest BCUT2D eigenvalue weighted by Crippen LogP contribution is 2.65. The lowest BCUT2D eigenvalue weighted by Crippen LogP contribution is -2.74. The number of hydrogen-bond acceptors (Lipinski definition) is 12. The van der Waals surface area contributed by atoms with Crippen molar-refractivity contribution in [3.05, 3.63) is 35.1 Å². The zero-order chi connectivity index (χ0) is 28.4. The van der Waals surface area contributed by atoms with E-state index in [1.54, 1.807) is 6.07 Å². The first-order valence-electron chi connectivity index (χ1n) is 12.5. The molecule has 7 atom stereocenters. The molecule has 2 aliphatic carbocycles. The number of likely N-dealkylation sites (N-methyl/N-ethyl adjacent to an activating group) is 1. The smallest absolute Gasteiger partial charge is 0.345 e. The van der Waals surface area contributed by atoms with Gasteiger partial charge in [0.2, 0.25) is 6.10 Å². The minimum absolute atomic E-state index is 0.0268. The maximum Gasteiger partial charge on any atom is 0.345 e. The second-order valence-corrected chi connectivity index (χ2v) is 10.5. The third-order valence-corrected chi connectivity index (χ3v) is 8.43. The fourth-order valence-corrected chi connectivity index (χ4v) is 6.50. The lowest BCUT2D eigenvalue weighted by molar-refractivity contribution is -0.179. The quantitative estimate of drug-likeness (QED) is 0.246. The fraction of sp³-hybridized carbons (Fsp3) is 0.538. The van der Waals surface area contributed by atoms with Crippen molar-refractivity contribution in [1.82, 2.24) is 4.90 Å². The molecule has 4 aliphatic rings. The van der Waals surface area contributed by atoms with Gasteiger partial charge in [-0.05, 0) is 51.1 Å². The predicted molar refractivity (Wildman–Crippen MR) is 128 cm³/mol. The third kappa shape index (κ3) is 3.91. The second kappa shape index (κ2) is 9.30. The molecule has 0 amide bonds. The van der Waals surface area contributed by atoms with Crippen LogP contribution in [-0.2, 0) is 40.5 Å². The van der Waals surface area contributed by atoms with E-state index in [-0.39, 0.29) is 29.7 Å². The summed E-state index contributed by atoms with van der Waals surface area (Å²) in [5.41, 5.74) is -0.735. The van der Waals surface area contributed by atoms with Crippen LogP contribution in [0.5, 0.6) is 11.5 Å². The average molecular weight is 548 g/mol. The van der Waals surface area contributed by atoms with Gasteiger partial charge in [0.25, 0.3) is 0 Å². The highest BCUT2D eigenvalue weighted by molar-refractivity contribution is 5.90. The van der Waals surface area contributed by atoms with Crippen molar-refractivity contribution in [1.29, 1.82) is 0 Å². The Balaban J connectivity index is 1.39. The maximum atomic E-state index is 12.9. The number of phenolic OH excluding ortho intramolecular Hbond substituents is 1. The standard InChI is InChI=1S/C26H29NO12/c1-11(28)19(31)20(32)24(35)38-15(23(33)34)10-17(30)37-14-5-6-26(36)16-9-12-3-4-13(29)21-18(12)25(26,22(14)39-21)7-8-27(16)2/h3-5,15-16,19-20,22,29,31-32,36H,6-10H2,1-2H3,(H,33,34)/t15-,16+,19-,20+,22-,25-,26+/m0/s1. The Morgan fingerprint density at radius 2 is 1.92 bits per heavy atom. The van der Waals surface area contributed by atoms with Gasteiger partial charge in [0, 0.05) is 18.0 Å². The van der Waals surface area contributed by atoms with Gasteiger partial charge in [0.1, 0.15) is 11.9 Å². The zero-order valence-corrected chi connectivity index (χ0v) is 21.2. The van der Waals surface area contributed by atoms with Crippen LogP contribution in [0.4, 0.5) is 0 Å². The summed E-state index contributed by atoms with van der Waals surface area (Å²) in [6, 6.07) is 3.04. The monoisotopic (exact) mass is 547 g/mol. The number of carboxylic acid groups (broad SMARTS) is 1. The van der Waals surface area contributed by atoms with Crippen LogP contribution in [0.3, 0.4) is 0 Å². The summed E-state index contributed by atoms with van der Waals surface area (Å²) in [4.78, 5) is 49.8. The highest BCUT2D eigenvalue weighted by Gasteiger charge is 2.72. The Kier molecular flexibility index (Phi) is 6.45. The first-order chi connectivity index (χ1) is 18.3. The number of carboxylic acids is 1. The second-order valence-electron chi connectivity index (χ2n) is 10.5. The molecule has 2 heterocycles. The Labute approximate surface area is 222 Å². The number of ketones is 1. The number of aliphatic hydroxyl groups excluding tert-OH is 2. The molecule has 1 spiro atoms. The number of aromatic hydroxyl groups is 1. The van der Waals surface area contributed by atoms with Gasteiger partial charge in [-0.15, -0.1) is 0 Å². The summed E-state index contributed by atoms with van der Waals surface area (Å²) < 4.78 is 16.3. The number of carbonyl (C=O) groups is 4. The molecule has 0 saturated carbocycles. The van der Waals surface area contributed by atoms with Crippen LogP contribution in [0.25, 0.3) is 0 Å². The number of aliphatic hydroxyl groups is 3. The van der Waals surface area contributed by atoms with Crippen molar-refractivity contribution in [3.63, 3.8) is 0 Å². The molecule has 13 heteroatoms. The number of carbonyl (C=O) groups excluding carboxylic acids is 3. The number of Topliss-reactive ketones (excluding diaryl/α,β-unsaturated/α-hetero) is 1. The minimum Gasteiger partial charge on any atom is -0.504 e. The fourth-order valence-electron chi connectivity index (χ4n) is 6.50. The first kappa shape index (κ1) is 27.1. The Bertz CT molecular complexity index is 1290. The Morgan fingerprint density at radius 3 is 2.59 bits per heavy atom. The highest BCUT2D eigenvalue weighted by atomic mass is 16.6. The summed E-state index contributed by atoms with van der Waals surface area (Å²) in [7, 11) is 1.92. The number of piperidine rings is 1. The van der Waals surface area contributed by atoms with E-state index in [1.807, 2.05) is 7.05 Å². The van der Waals surface area contributed by atoms with Gasteiger partial charge in [-0.2, -0.15) is 0 Å². The molecule has 5 rings (SSSR count). The normalized spacial score (nSPS) is 30.6. The minimum atomic E-state index is -2.34. The van der Waals surface area contributed by atoms with Gasteiger partial charge in [-0.25, -0.2) is 9.59 Å². The Hall–Kier alpha value is -3.52. The molecule has 210 valence electrons. The van der Waals surface area contributed by atoms with E-state index in [9.17, 15) is 44.7 Å². The maximum absolute atomic E-state index is 12.9. The number of aliphatic carboxylic acids is 1. The SMILES string of the molecule is CC(=O)[C@H](O)[C@@H](O)C(=O)O[C@@H](CC(=O)OC1=CC[C@@]2(O)[C@H]3Cc4ccc(O)c5c4[C@@]2(CCN3C)[C@H]1O5)C(=O)O. The van der Waals surface area contributed by atoms with Crippen LogP contribution in [0.15, 0.2) is 24.0 Å². The van der Waals surface area contributed by atoms with Crippen LogP contribution in [-0.4, -0.2) is 104 Å². The van der Waals surface area contributed by atoms with Gasteiger partial charge in [0.05, 0.1) is 17.4 Å². The van der Waals surface area contributed by atoms with Crippen LogP contribution < -0.4 is 4.74 Å². The zero-order valence-electron chi connectivity index (χ0n) is 21.2. The Morgan fingerprint density at radius 1 is 1.21 bits per heavy atom. The number of benzene rings is 1. The molecule has 1 aromatic carbocycles. The average Bonchev–Trinajstić information content (AvgIpc) is 3.24. The molecule has 2 aliphatic heterocycles. The van der Waals surface area contributed by atoms with Crippen LogP contribution in [0.1, 0.15) is 37.3 Å². The molecule has 39 heavy (non-hydrogen) atoms. The van der Waals surface area contributed by atoms with Crippen molar-refractivity contribution in [2.45, 2.75) is 74.1 Å². The molecule has 1 aromatic rings. The molecular weight excluding hydrogens is 518 g/mol. The summed E-state index contributed by atoms with van der Waals surface area (Å²) in [6.07, 6.45) is -5.91. The van der Waals surface area contributed by atoms with Crippen LogP contribution in [0, 0.1) is 0 Å². The van der Waals surface area contributed by atoms with Gasteiger partial charge in [-0.3, -0.25) is 9.59 Å². The number of hydrogen-bond donors (Lipinski definition) is 5. The number of nitrogens with zero attached hydrogens (tertiary/aromatic N) is 1. The topological polar surface area (TPSA) is 200 Å². The lowest BCUT2D eigenvalue weighted by Gasteiger charge is -2.61. The summed E-state index contributed by atoms with van der Waals surface area (Å²) in [5, 5.41) is 51.4. The van der Waals surface area contributed by atoms with Crippen molar-refractivity contribution in [3.8, 4) is 11.5 Å². The van der Waals surface area contributed by atoms with E-state index in [1.165, 1.54) is 12.1 Å². The van der Waals surface area contributed by atoms with E-state index in [4.69, 9.17) is 9.47 Å². The number of esters is 2. The predicted octanol–water partition coefficient (Wildman–Crippen LogP) is -1.09. The van der Waals surface area contributed by atoms with E-state index in [0.29, 0.717) is 24.9 Å². The summed E-state index contributed by atoms with van der Waals surface area (Å²) in [5.74, 6) is -5.26. The number of phenols is 1. The van der Waals surface area contributed by atoms with Crippen molar-refractivity contribution < 1.29 is 58.9 Å². The van der Waals surface area contributed by atoms with Gasteiger partial charge >= 0.3 is 17.9 Å². The van der Waals surface area contributed by atoms with E-state index < -0.39 is 65.5 Å². The van der Waals surface area contributed by atoms with Crippen LogP contribution >= 0.6 is 0 Å². The summed E-state index contributed by atoms with van der Waals surface area (Å²) >= 11 is 0. The molecule has 2 bridgehead atoms. The molecule has 1 fully saturated rings. The summed E-state index contributed by atoms with van der Waals surface area (Å²) in [6.45, 7) is 1.52. The van der Waals surface area contributed by atoms with Crippen LogP contribution in [0.2, 0.25) is 0 Å². The largest absolute Gasteiger partial charge is 0.504 e. The molecule has 13 nitrogen and oxygen atoms in total. The van der Waals surface area contributed by atoms with E-state index in [0.717, 1.165) is 12.5 Å². The number of likely N-dealkylation sites (tertiary alicyclic amines) is 1.